The van der Waals surface area contributed by atoms with E-state index in [1.165, 1.54) is 10.4 Å². The van der Waals surface area contributed by atoms with Crippen LogP contribution in [0, 0.1) is 0 Å². The van der Waals surface area contributed by atoms with E-state index in [0.29, 0.717) is 25.2 Å². The summed E-state index contributed by atoms with van der Waals surface area (Å²) in [5.41, 5.74) is 2.17. The number of sulfonamides is 1. The van der Waals surface area contributed by atoms with Gasteiger partial charge in [0.05, 0.1) is 4.90 Å². The lowest BCUT2D eigenvalue weighted by Crippen LogP contribution is -2.35. The number of para-hydroxylation sites is 1. The lowest BCUT2D eigenvalue weighted by molar-refractivity contribution is 0.0784. The average molecular weight is 441 g/mol. The molecule has 0 N–H and O–H groups in total. The van der Waals surface area contributed by atoms with E-state index in [0.717, 1.165) is 48.0 Å². The Bertz CT molecular complexity index is 1190. The van der Waals surface area contributed by atoms with Gasteiger partial charge in [-0.2, -0.15) is 4.31 Å². The number of benzene rings is 2. The molecule has 4 rings (SSSR count). The molecule has 1 aliphatic heterocycles. The summed E-state index contributed by atoms with van der Waals surface area (Å²) in [4.78, 5) is 14.9. The Morgan fingerprint density at radius 1 is 1.06 bits per heavy atom. The largest absolute Gasteiger partial charge is 0.461 e. The molecule has 0 radical (unpaired) electrons. The lowest BCUT2D eigenvalue weighted by atomic mass is 10.1. The third-order valence-corrected chi connectivity index (χ3v) is 7.77. The Kier molecular flexibility index (Phi) is 6.16. The van der Waals surface area contributed by atoms with Crippen LogP contribution in [0.2, 0.25) is 0 Å². The molecule has 7 heteroatoms. The van der Waals surface area contributed by atoms with Crippen LogP contribution < -0.4 is 0 Å². The van der Waals surface area contributed by atoms with Gasteiger partial charge >= 0.3 is 0 Å². The minimum Gasteiger partial charge on any atom is -0.461 e. The molecule has 0 unspecified atom stereocenters. The standard InChI is InChI=1S/C24H28N2O4S/c1-3-22-21(20-12-5-6-13-23(20)30-22)17-25(2)24(27)18-10-9-11-19(16-18)31(28,29)26-14-7-4-8-15-26/h5-6,9-13,16H,3-4,7-8,14-15,17H2,1-2H3. The molecule has 0 aliphatic carbocycles. The van der Waals surface area contributed by atoms with E-state index >= 15 is 0 Å². The van der Waals surface area contributed by atoms with Crippen LogP contribution in [0.1, 0.15) is 47.9 Å². The Morgan fingerprint density at radius 3 is 2.55 bits per heavy atom. The van der Waals surface area contributed by atoms with Gasteiger partial charge in [0.15, 0.2) is 0 Å². The van der Waals surface area contributed by atoms with Crippen LogP contribution in [0.5, 0.6) is 0 Å². The predicted octanol–water partition coefficient (Wildman–Crippen LogP) is 4.44. The highest BCUT2D eigenvalue weighted by molar-refractivity contribution is 7.89. The molecular weight excluding hydrogens is 412 g/mol. The quantitative estimate of drug-likeness (QED) is 0.568. The second-order valence-electron chi connectivity index (χ2n) is 8.01. The zero-order chi connectivity index (χ0) is 22.0. The van der Waals surface area contributed by atoms with Crippen molar-refractivity contribution >= 4 is 26.9 Å². The van der Waals surface area contributed by atoms with Crippen LogP contribution >= 0.6 is 0 Å². The second-order valence-corrected chi connectivity index (χ2v) is 9.95. The zero-order valence-corrected chi connectivity index (χ0v) is 18.8. The normalized spacial score (nSPS) is 15.3. The van der Waals surface area contributed by atoms with Crippen molar-refractivity contribution in [1.82, 2.24) is 9.21 Å². The van der Waals surface area contributed by atoms with Crippen molar-refractivity contribution < 1.29 is 17.6 Å². The van der Waals surface area contributed by atoms with Crippen LogP contribution in [-0.4, -0.2) is 43.7 Å². The van der Waals surface area contributed by atoms with Gasteiger partial charge in [0.25, 0.3) is 5.91 Å². The van der Waals surface area contributed by atoms with E-state index in [1.807, 2.05) is 31.2 Å². The number of piperidine rings is 1. The maximum absolute atomic E-state index is 13.1. The molecule has 1 aliphatic rings. The van der Waals surface area contributed by atoms with Crippen LogP contribution in [0.15, 0.2) is 57.8 Å². The first-order valence-electron chi connectivity index (χ1n) is 10.8. The van der Waals surface area contributed by atoms with Gasteiger partial charge in [-0.15, -0.1) is 0 Å². The van der Waals surface area contributed by atoms with Gasteiger partial charge in [-0.05, 0) is 37.1 Å². The number of fused-ring (bicyclic) bond motifs is 1. The summed E-state index contributed by atoms with van der Waals surface area (Å²) in [6.45, 7) is 3.49. The van der Waals surface area contributed by atoms with Gasteiger partial charge in [-0.25, -0.2) is 8.42 Å². The lowest BCUT2D eigenvalue weighted by Gasteiger charge is -2.26. The maximum atomic E-state index is 13.1. The topological polar surface area (TPSA) is 70.8 Å². The van der Waals surface area contributed by atoms with Gasteiger partial charge in [0, 0.05) is 49.6 Å². The molecule has 1 fully saturated rings. The van der Waals surface area contributed by atoms with E-state index < -0.39 is 10.0 Å². The Balaban J connectivity index is 1.58. The molecule has 6 nitrogen and oxygen atoms in total. The fourth-order valence-electron chi connectivity index (χ4n) is 4.18. The van der Waals surface area contributed by atoms with Gasteiger partial charge < -0.3 is 9.32 Å². The molecule has 0 spiro atoms. The van der Waals surface area contributed by atoms with Crippen molar-refractivity contribution in [2.45, 2.75) is 44.0 Å². The fraction of sp³-hybridized carbons (Fsp3) is 0.375. The number of nitrogens with zero attached hydrogens (tertiary/aromatic N) is 2. The van der Waals surface area contributed by atoms with E-state index in [-0.39, 0.29) is 10.8 Å². The monoisotopic (exact) mass is 440 g/mol. The number of hydrogen-bond donors (Lipinski definition) is 0. The summed E-state index contributed by atoms with van der Waals surface area (Å²) in [5, 5.41) is 1.00. The summed E-state index contributed by atoms with van der Waals surface area (Å²) >= 11 is 0. The highest BCUT2D eigenvalue weighted by atomic mass is 32.2. The zero-order valence-electron chi connectivity index (χ0n) is 18.0. The molecule has 2 heterocycles. The number of carbonyl (C=O) groups is 1. The van der Waals surface area contributed by atoms with E-state index in [1.54, 1.807) is 30.1 Å². The van der Waals surface area contributed by atoms with Gasteiger partial charge in [0.1, 0.15) is 11.3 Å². The van der Waals surface area contributed by atoms with Crippen molar-refractivity contribution in [3.63, 3.8) is 0 Å². The summed E-state index contributed by atoms with van der Waals surface area (Å²) in [6, 6.07) is 14.2. The smallest absolute Gasteiger partial charge is 0.253 e. The fourth-order valence-corrected chi connectivity index (χ4v) is 5.75. The molecule has 3 aromatic rings. The molecule has 0 bridgehead atoms. The Labute approximate surface area is 183 Å². The Morgan fingerprint density at radius 2 is 1.81 bits per heavy atom. The van der Waals surface area contributed by atoms with Crippen molar-refractivity contribution in [3.05, 3.63) is 65.4 Å². The molecule has 31 heavy (non-hydrogen) atoms. The van der Waals surface area contributed by atoms with Gasteiger partial charge in [-0.3, -0.25) is 4.79 Å². The van der Waals surface area contributed by atoms with Crippen LogP contribution in [0.4, 0.5) is 0 Å². The molecular formula is C24H28N2O4S. The highest BCUT2D eigenvalue weighted by Crippen LogP contribution is 2.28. The second kappa shape index (κ2) is 8.85. The first kappa shape index (κ1) is 21.6. The van der Waals surface area contributed by atoms with Crippen molar-refractivity contribution in [3.8, 4) is 0 Å². The molecule has 0 saturated carbocycles. The molecule has 2 aromatic carbocycles. The minimum atomic E-state index is -3.59. The van der Waals surface area contributed by atoms with Gasteiger partial charge in [-0.1, -0.05) is 37.6 Å². The highest BCUT2D eigenvalue weighted by Gasteiger charge is 2.27. The number of rotatable bonds is 6. The number of carbonyl (C=O) groups excluding carboxylic acids is 1. The maximum Gasteiger partial charge on any atom is 0.253 e. The first-order valence-corrected chi connectivity index (χ1v) is 12.2. The first-order chi connectivity index (χ1) is 14.9. The van der Waals surface area contributed by atoms with Crippen molar-refractivity contribution in [2.75, 3.05) is 20.1 Å². The summed E-state index contributed by atoms with van der Waals surface area (Å²) in [7, 11) is -1.85. The minimum absolute atomic E-state index is 0.177. The molecule has 1 aromatic heterocycles. The SMILES string of the molecule is CCc1oc2ccccc2c1CN(C)C(=O)c1cccc(S(=O)(=O)N2CCCCC2)c1. The van der Waals surface area contributed by atoms with Gasteiger partial charge in [0.2, 0.25) is 10.0 Å². The number of furan rings is 1. The van der Waals surface area contributed by atoms with E-state index in [2.05, 4.69) is 0 Å². The molecule has 1 saturated heterocycles. The summed E-state index contributed by atoms with van der Waals surface area (Å²) in [5.74, 6) is 0.644. The summed E-state index contributed by atoms with van der Waals surface area (Å²) in [6.07, 6.45) is 3.53. The number of aryl methyl sites for hydroxylation is 1. The van der Waals surface area contributed by atoms with Crippen LogP contribution in [-0.2, 0) is 23.0 Å². The molecule has 1 amide bonds. The number of amides is 1. The van der Waals surface area contributed by atoms with Crippen molar-refractivity contribution in [2.24, 2.45) is 0 Å². The van der Waals surface area contributed by atoms with Crippen LogP contribution in [0.3, 0.4) is 0 Å². The predicted molar refractivity (Wildman–Crippen MR) is 120 cm³/mol. The number of hydrogen-bond acceptors (Lipinski definition) is 4. The third kappa shape index (κ3) is 4.25. The van der Waals surface area contributed by atoms with E-state index in [4.69, 9.17) is 4.42 Å². The van der Waals surface area contributed by atoms with Crippen molar-refractivity contribution in [1.29, 1.82) is 0 Å². The molecule has 0 atom stereocenters. The van der Waals surface area contributed by atoms with E-state index in [9.17, 15) is 13.2 Å². The average Bonchev–Trinajstić information content (AvgIpc) is 3.16. The third-order valence-electron chi connectivity index (χ3n) is 5.88. The Hall–Kier alpha value is -2.64. The molecule has 164 valence electrons. The van der Waals surface area contributed by atoms with Crippen LogP contribution in [0.25, 0.3) is 11.0 Å². The summed E-state index contributed by atoms with van der Waals surface area (Å²) < 4.78 is 33.5.